The molecule has 0 saturated heterocycles. The molecule has 0 radical (unpaired) electrons. The SMILES string of the molecule is CN(Cc1ccc(Br)cc1)C(=O)C1CCCCCC1N. The van der Waals surface area contributed by atoms with Gasteiger partial charge in [0.1, 0.15) is 0 Å². The van der Waals surface area contributed by atoms with Gasteiger partial charge >= 0.3 is 0 Å². The lowest BCUT2D eigenvalue weighted by molar-refractivity contribution is -0.135. The number of benzene rings is 1. The summed E-state index contributed by atoms with van der Waals surface area (Å²) in [6.45, 7) is 0.648. The van der Waals surface area contributed by atoms with Crippen molar-refractivity contribution in [3.63, 3.8) is 0 Å². The first-order valence-electron chi connectivity index (χ1n) is 7.33. The normalized spacial score (nSPS) is 23.1. The van der Waals surface area contributed by atoms with Gasteiger partial charge in [-0.05, 0) is 30.5 Å². The highest BCUT2D eigenvalue weighted by Gasteiger charge is 2.29. The Balaban J connectivity index is 1.98. The van der Waals surface area contributed by atoms with Crippen molar-refractivity contribution in [1.29, 1.82) is 0 Å². The average molecular weight is 339 g/mol. The zero-order valence-corrected chi connectivity index (χ0v) is 13.6. The summed E-state index contributed by atoms with van der Waals surface area (Å²) in [5.74, 6) is 0.195. The summed E-state index contributed by atoms with van der Waals surface area (Å²) in [5, 5.41) is 0. The molecule has 0 aromatic heterocycles. The minimum Gasteiger partial charge on any atom is -0.341 e. The van der Waals surface area contributed by atoms with Gasteiger partial charge in [-0.3, -0.25) is 4.79 Å². The number of nitrogens with two attached hydrogens (primary N) is 1. The van der Waals surface area contributed by atoms with Crippen molar-refractivity contribution in [3.05, 3.63) is 34.3 Å². The molecular weight excluding hydrogens is 316 g/mol. The number of hydrogen-bond donors (Lipinski definition) is 1. The Labute approximate surface area is 129 Å². The fourth-order valence-corrected chi connectivity index (χ4v) is 3.13. The Bertz CT molecular complexity index is 446. The largest absolute Gasteiger partial charge is 0.341 e. The summed E-state index contributed by atoms with van der Waals surface area (Å²) < 4.78 is 1.06. The summed E-state index contributed by atoms with van der Waals surface area (Å²) in [6, 6.07) is 8.12. The zero-order chi connectivity index (χ0) is 14.5. The van der Waals surface area contributed by atoms with Crippen LogP contribution in [0.3, 0.4) is 0 Å². The highest BCUT2D eigenvalue weighted by atomic mass is 79.9. The lowest BCUT2D eigenvalue weighted by atomic mass is 9.94. The van der Waals surface area contributed by atoms with Crippen LogP contribution in [0.25, 0.3) is 0 Å². The maximum absolute atomic E-state index is 12.6. The van der Waals surface area contributed by atoms with Crippen LogP contribution in [0, 0.1) is 5.92 Å². The predicted molar refractivity (Wildman–Crippen MR) is 85.2 cm³/mol. The van der Waals surface area contributed by atoms with Crippen LogP contribution in [0.1, 0.15) is 37.7 Å². The van der Waals surface area contributed by atoms with Crippen LogP contribution in [0.4, 0.5) is 0 Å². The van der Waals surface area contributed by atoms with Crippen LogP contribution in [-0.2, 0) is 11.3 Å². The first-order valence-corrected chi connectivity index (χ1v) is 8.12. The Morgan fingerprint density at radius 2 is 1.90 bits per heavy atom. The topological polar surface area (TPSA) is 46.3 Å². The van der Waals surface area contributed by atoms with Crippen LogP contribution in [0.15, 0.2) is 28.7 Å². The van der Waals surface area contributed by atoms with Crippen molar-refractivity contribution < 1.29 is 4.79 Å². The smallest absolute Gasteiger partial charge is 0.227 e. The number of halogens is 1. The van der Waals surface area contributed by atoms with E-state index >= 15 is 0 Å². The van der Waals surface area contributed by atoms with E-state index < -0.39 is 0 Å². The number of carbonyl (C=O) groups is 1. The molecule has 20 heavy (non-hydrogen) atoms. The average Bonchev–Trinajstić information content (AvgIpc) is 2.65. The molecule has 0 heterocycles. The molecular formula is C16H23BrN2O. The number of rotatable bonds is 3. The predicted octanol–water partition coefficient (Wildman–Crippen LogP) is 3.32. The van der Waals surface area contributed by atoms with E-state index in [1.54, 1.807) is 0 Å². The van der Waals surface area contributed by atoms with E-state index in [0.717, 1.165) is 35.7 Å². The van der Waals surface area contributed by atoms with Crippen molar-refractivity contribution in [2.45, 2.75) is 44.7 Å². The van der Waals surface area contributed by atoms with Crippen molar-refractivity contribution in [3.8, 4) is 0 Å². The Kier molecular flexibility index (Phi) is 5.61. The maximum Gasteiger partial charge on any atom is 0.227 e. The van der Waals surface area contributed by atoms with Crippen LogP contribution >= 0.6 is 15.9 Å². The lowest BCUT2D eigenvalue weighted by Gasteiger charge is -2.26. The Morgan fingerprint density at radius 1 is 1.25 bits per heavy atom. The summed E-state index contributed by atoms with van der Waals surface area (Å²) in [4.78, 5) is 14.4. The van der Waals surface area contributed by atoms with Crippen molar-refractivity contribution >= 4 is 21.8 Å². The zero-order valence-electron chi connectivity index (χ0n) is 12.0. The molecule has 1 saturated carbocycles. The Morgan fingerprint density at radius 3 is 2.60 bits per heavy atom. The standard InChI is InChI=1S/C16H23BrN2O/c1-19(11-12-7-9-13(17)10-8-12)16(20)14-5-3-2-4-6-15(14)18/h7-10,14-15H,2-6,11,18H2,1H3. The van der Waals surface area contributed by atoms with Gasteiger partial charge < -0.3 is 10.6 Å². The van der Waals surface area contributed by atoms with Gasteiger partial charge in [0.2, 0.25) is 5.91 Å². The second kappa shape index (κ2) is 7.23. The summed E-state index contributed by atoms with van der Waals surface area (Å²) in [6.07, 6.45) is 5.39. The number of hydrogen-bond acceptors (Lipinski definition) is 2. The minimum absolute atomic E-state index is 0.00190. The molecule has 0 spiro atoms. The molecule has 2 N–H and O–H groups in total. The van der Waals surface area contributed by atoms with Crippen molar-refractivity contribution in [2.24, 2.45) is 11.7 Å². The van der Waals surface area contributed by atoms with Crippen molar-refractivity contribution in [1.82, 2.24) is 4.90 Å². The molecule has 2 rings (SSSR count). The molecule has 1 aromatic rings. The van der Waals surface area contributed by atoms with Crippen LogP contribution in [0.5, 0.6) is 0 Å². The quantitative estimate of drug-likeness (QED) is 0.859. The third kappa shape index (κ3) is 4.06. The van der Waals surface area contributed by atoms with E-state index in [1.165, 1.54) is 6.42 Å². The summed E-state index contributed by atoms with van der Waals surface area (Å²) in [7, 11) is 1.88. The molecule has 2 atom stereocenters. The van der Waals surface area contributed by atoms with Gasteiger partial charge in [0, 0.05) is 24.1 Å². The second-order valence-electron chi connectivity index (χ2n) is 5.73. The number of carbonyl (C=O) groups excluding carboxylic acids is 1. The van der Waals surface area contributed by atoms with Gasteiger partial charge in [-0.25, -0.2) is 0 Å². The van der Waals surface area contributed by atoms with E-state index in [0.29, 0.717) is 6.54 Å². The fourth-order valence-electron chi connectivity index (χ4n) is 2.87. The first kappa shape index (κ1) is 15.5. The molecule has 0 aliphatic heterocycles. The number of amides is 1. The molecule has 1 fully saturated rings. The summed E-state index contributed by atoms with van der Waals surface area (Å²) in [5.41, 5.74) is 7.32. The molecule has 1 aliphatic rings. The van der Waals surface area contributed by atoms with Gasteiger partial charge in [0.15, 0.2) is 0 Å². The molecule has 2 unspecified atom stereocenters. The molecule has 3 nitrogen and oxygen atoms in total. The number of nitrogens with zero attached hydrogens (tertiary/aromatic N) is 1. The third-order valence-electron chi connectivity index (χ3n) is 4.10. The van der Waals surface area contributed by atoms with Gasteiger partial charge in [-0.15, -0.1) is 0 Å². The van der Waals surface area contributed by atoms with E-state index in [2.05, 4.69) is 15.9 Å². The van der Waals surface area contributed by atoms with E-state index in [4.69, 9.17) is 5.73 Å². The monoisotopic (exact) mass is 338 g/mol. The molecule has 1 aliphatic carbocycles. The van der Waals surface area contributed by atoms with Gasteiger partial charge in [0.25, 0.3) is 0 Å². The molecule has 4 heteroatoms. The molecule has 1 amide bonds. The van der Waals surface area contributed by atoms with Gasteiger partial charge in [-0.2, -0.15) is 0 Å². The maximum atomic E-state index is 12.6. The van der Waals surface area contributed by atoms with Gasteiger partial charge in [0.05, 0.1) is 5.92 Å². The van der Waals surface area contributed by atoms with E-state index in [-0.39, 0.29) is 17.9 Å². The fraction of sp³-hybridized carbons (Fsp3) is 0.562. The molecule has 1 aromatic carbocycles. The van der Waals surface area contributed by atoms with Crippen LogP contribution in [-0.4, -0.2) is 23.9 Å². The van der Waals surface area contributed by atoms with Crippen LogP contribution < -0.4 is 5.73 Å². The first-order chi connectivity index (χ1) is 9.58. The lowest BCUT2D eigenvalue weighted by Crippen LogP contribution is -2.41. The minimum atomic E-state index is -0.00190. The van der Waals surface area contributed by atoms with Crippen molar-refractivity contribution in [2.75, 3.05) is 7.05 Å². The Hall–Kier alpha value is -0.870. The highest BCUT2D eigenvalue weighted by molar-refractivity contribution is 9.10. The van der Waals surface area contributed by atoms with Gasteiger partial charge in [-0.1, -0.05) is 47.3 Å². The van der Waals surface area contributed by atoms with Crippen LogP contribution in [0.2, 0.25) is 0 Å². The third-order valence-corrected chi connectivity index (χ3v) is 4.62. The molecule has 0 bridgehead atoms. The van der Waals surface area contributed by atoms with E-state index in [9.17, 15) is 4.79 Å². The second-order valence-corrected chi connectivity index (χ2v) is 6.64. The summed E-state index contributed by atoms with van der Waals surface area (Å²) >= 11 is 3.42. The molecule has 110 valence electrons. The van der Waals surface area contributed by atoms with E-state index in [1.807, 2.05) is 36.2 Å². The highest BCUT2D eigenvalue weighted by Crippen LogP contribution is 2.24.